The van der Waals surface area contributed by atoms with Crippen molar-refractivity contribution in [2.75, 3.05) is 5.32 Å². The van der Waals surface area contributed by atoms with Crippen LogP contribution in [0, 0.1) is 0 Å². The number of benzene rings is 1. The minimum atomic E-state index is 0.0931. The van der Waals surface area contributed by atoms with Gasteiger partial charge in [0.1, 0.15) is 0 Å². The maximum absolute atomic E-state index is 11.1. The number of nitrogens with one attached hydrogen (secondary N) is 1. The second kappa shape index (κ2) is 3.42. The Balaban J connectivity index is 2.53. The summed E-state index contributed by atoms with van der Waals surface area (Å²) in [5.74, 6) is 0.0931. The average Bonchev–Trinajstić information content (AvgIpc) is 2.06. The molecule has 1 amide bonds. The molecule has 1 heterocycles. The summed E-state index contributed by atoms with van der Waals surface area (Å²) < 4.78 is 1.97. The summed E-state index contributed by atoms with van der Waals surface area (Å²) in [6, 6.07) is 3.98. The van der Waals surface area contributed by atoms with Crippen LogP contribution in [0.25, 0.3) is 0 Å². The van der Waals surface area contributed by atoms with E-state index in [9.17, 15) is 4.79 Å². The zero-order valence-corrected chi connectivity index (χ0v) is 9.91. The molecule has 0 radical (unpaired) electrons. The van der Waals surface area contributed by atoms with Crippen LogP contribution in [0.15, 0.2) is 21.1 Å². The molecule has 0 atom stereocenters. The zero-order valence-electron chi connectivity index (χ0n) is 6.73. The lowest BCUT2D eigenvalue weighted by Crippen LogP contribution is -2.19. The van der Waals surface area contributed by atoms with E-state index in [1.165, 1.54) is 5.56 Å². The Kier molecular flexibility index (Phi) is 2.43. The SMILES string of the molecule is O=C1CCc2cc(Br)cc(Br)c2N1. The highest BCUT2D eigenvalue weighted by Crippen LogP contribution is 2.33. The molecule has 1 aliphatic heterocycles. The molecule has 0 bridgehead atoms. The first kappa shape index (κ1) is 9.21. The number of aryl methyl sites for hydroxylation is 1. The minimum Gasteiger partial charge on any atom is -0.325 e. The number of fused-ring (bicyclic) bond motifs is 1. The number of carbonyl (C=O) groups excluding carboxylic acids is 1. The fourth-order valence-corrected chi connectivity index (χ4v) is 2.83. The smallest absolute Gasteiger partial charge is 0.224 e. The Hall–Kier alpha value is -0.350. The molecular weight excluding hydrogens is 298 g/mol. The summed E-state index contributed by atoms with van der Waals surface area (Å²) in [4.78, 5) is 11.1. The van der Waals surface area contributed by atoms with Crippen LogP contribution in [0.4, 0.5) is 5.69 Å². The molecule has 1 aromatic rings. The predicted molar refractivity (Wildman–Crippen MR) is 58.8 cm³/mol. The van der Waals surface area contributed by atoms with E-state index in [0.717, 1.165) is 21.1 Å². The van der Waals surface area contributed by atoms with Crippen LogP contribution >= 0.6 is 31.9 Å². The molecule has 13 heavy (non-hydrogen) atoms. The lowest BCUT2D eigenvalue weighted by molar-refractivity contribution is -0.116. The Labute approximate surface area is 93.0 Å². The highest BCUT2D eigenvalue weighted by molar-refractivity contribution is 9.11. The topological polar surface area (TPSA) is 29.1 Å². The van der Waals surface area contributed by atoms with Crippen molar-refractivity contribution in [2.24, 2.45) is 0 Å². The van der Waals surface area contributed by atoms with Gasteiger partial charge in [-0.05, 0) is 40.0 Å². The Morgan fingerprint density at radius 1 is 1.23 bits per heavy atom. The first-order chi connectivity index (χ1) is 6.16. The molecule has 0 aromatic heterocycles. The highest BCUT2D eigenvalue weighted by Gasteiger charge is 2.17. The summed E-state index contributed by atoms with van der Waals surface area (Å²) in [5.41, 5.74) is 2.10. The molecular formula is C9H7Br2NO. The fraction of sp³-hybridized carbons (Fsp3) is 0.222. The van der Waals surface area contributed by atoms with Gasteiger partial charge in [0.25, 0.3) is 0 Å². The average molecular weight is 305 g/mol. The third-order valence-corrected chi connectivity index (χ3v) is 3.11. The molecule has 0 saturated carbocycles. The van der Waals surface area contributed by atoms with E-state index >= 15 is 0 Å². The number of hydrogen-bond donors (Lipinski definition) is 1. The lowest BCUT2D eigenvalue weighted by atomic mass is 10.0. The van der Waals surface area contributed by atoms with Gasteiger partial charge in [-0.15, -0.1) is 0 Å². The number of hydrogen-bond acceptors (Lipinski definition) is 1. The summed E-state index contributed by atoms with van der Waals surface area (Å²) in [7, 11) is 0. The van der Waals surface area contributed by atoms with Crippen molar-refractivity contribution in [3.63, 3.8) is 0 Å². The lowest BCUT2D eigenvalue weighted by Gasteiger charge is -2.18. The van der Waals surface area contributed by atoms with Gasteiger partial charge in [-0.3, -0.25) is 4.79 Å². The van der Waals surface area contributed by atoms with Gasteiger partial charge in [0.05, 0.1) is 5.69 Å². The van der Waals surface area contributed by atoms with Gasteiger partial charge in [0.2, 0.25) is 5.91 Å². The maximum atomic E-state index is 11.1. The van der Waals surface area contributed by atoms with E-state index in [0.29, 0.717) is 6.42 Å². The first-order valence-corrected chi connectivity index (χ1v) is 5.53. The summed E-state index contributed by atoms with van der Waals surface area (Å²) >= 11 is 6.83. The van der Waals surface area contributed by atoms with Gasteiger partial charge in [0.15, 0.2) is 0 Å². The van der Waals surface area contributed by atoms with Crippen molar-refractivity contribution in [3.05, 3.63) is 26.6 Å². The van der Waals surface area contributed by atoms with Crippen LogP contribution in [0.1, 0.15) is 12.0 Å². The Morgan fingerprint density at radius 3 is 2.77 bits per heavy atom. The van der Waals surface area contributed by atoms with E-state index in [1.807, 2.05) is 12.1 Å². The van der Waals surface area contributed by atoms with Crippen LogP contribution in [-0.4, -0.2) is 5.91 Å². The number of halogens is 2. The monoisotopic (exact) mass is 303 g/mol. The van der Waals surface area contributed by atoms with Gasteiger partial charge >= 0.3 is 0 Å². The molecule has 0 unspecified atom stereocenters. The minimum absolute atomic E-state index is 0.0931. The molecule has 1 aliphatic rings. The number of anilines is 1. The molecule has 0 spiro atoms. The second-order valence-electron chi connectivity index (χ2n) is 2.97. The number of rotatable bonds is 0. The molecule has 2 rings (SSSR count). The molecule has 1 aromatic carbocycles. The van der Waals surface area contributed by atoms with Gasteiger partial charge in [-0.1, -0.05) is 15.9 Å². The van der Waals surface area contributed by atoms with Gasteiger partial charge in [-0.2, -0.15) is 0 Å². The predicted octanol–water partition coefficient (Wildman–Crippen LogP) is 3.10. The molecule has 0 aliphatic carbocycles. The molecule has 4 heteroatoms. The number of amides is 1. The Morgan fingerprint density at radius 2 is 2.00 bits per heavy atom. The van der Waals surface area contributed by atoms with Crippen LogP contribution in [0.3, 0.4) is 0 Å². The van der Waals surface area contributed by atoms with Gasteiger partial charge in [-0.25, -0.2) is 0 Å². The highest BCUT2D eigenvalue weighted by atomic mass is 79.9. The maximum Gasteiger partial charge on any atom is 0.224 e. The van der Waals surface area contributed by atoms with Crippen molar-refractivity contribution in [2.45, 2.75) is 12.8 Å². The molecule has 68 valence electrons. The standard InChI is InChI=1S/C9H7Br2NO/c10-6-3-5-1-2-8(13)12-9(5)7(11)4-6/h3-4H,1-2H2,(H,12,13). The van der Waals surface area contributed by atoms with Crippen molar-refractivity contribution in [1.82, 2.24) is 0 Å². The third kappa shape index (κ3) is 1.79. The van der Waals surface area contributed by atoms with Gasteiger partial charge < -0.3 is 5.32 Å². The zero-order chi connectivity index (χ0) is 9.42. The third-order valence-electron chi connectivity index (χ3n) is 2.02. The summed E-state index contributed by atoms with van der Waals surface area (Å²) in [6.45, 7) is 0. The van der Waals surface area contributed by atoms with E-state index < -0.39 is 0 Å². The van der Waals surface area contributed by atoms with E-state index in [1.54, 1.807) is 0 Å². The van der Waals surface area contributed by atoms with E-state index in [4.69, 9.17) is 0 Å². The van der Waals surface area contributed by atoms with Gasteiger partial charge in [0, 0.05) is 15.4 Å². The van der Waals surface area contributed by atoms with E-state index in [2.05, 4.69) is 37.2 Å². The quantitative estimate of drug-likeness (QED) is 0.784. The molecule has 2 nitrogen and oxygen atoms in total. The molecule has 0 fully saturated rings. The van der Waals surface area contributed by atoms with Crippen molar-refractivity contribution in [1.29, 1.82) is 0 Å². The summed E-state index contributed by atoms with van der Waals surface area (Å²) in [5, 5.41) is 2.85. The van der Waals surface area contributed by atoms with Crippen molar-refractivity contribution >= 4 is 43.5 Å². The van der Waals surface area contributed by atoms with Crippen LogP contribution in [0.2, 0.25) is 0 Å². The number of carbonyl (C=O) groups is 1. The van der Waals surface area contributed by atoms with Crippen molar-refractivity contribution in [3.8, 4) is 0 Å². The van der Waals surface area contributed by atoms with Crippen LogP contribution in [-0.2, 0) is 11.2 Å². The first-order valence-electron chi connectivity index (χ1n) is 3.94. The van der Waals surface area contributed by atoms with Crippen LogP contribution in [0.5, 0.6) is 0 Å². The normalized spacial score (nSPS) is 15.1. The molecule has 0 saturated heterocycles. The Bertz CT molecular complexity index is 376. The van der Waals surface area contributed by atoms with Crippen LogP contribution < -0.4 is 5.32 Å². The van der Waals surface area contributed by atoms with Crippen molar-refractivity contribution < 1.29 is 4.79 Å². The largest absolute Gasteiger partial charge is 0.325 e. The molecule has 1 N–H and O–H groups in total. The fourth-order valence-electron chi connectivity index (χ4n) is 1.41. The van der Waals surface area contributed by atoms with E-state index in [-0.39, 0.29) is 5.91 Å². The second-order valence-corrected chi connectivity index (χ2v) is 4.74. The summed E-state index contributed by atoms with van der Waals surface area (Å²) in [6.07, 6.45) is 1.40.